The summed E-state index contributed by atoms with van der Waals surface area (Å²) >= 11 is 1.52. The van der Waals surface area contributed by atoms with Crippen molar-refractivity contribution >= 4 is 29.0 Å². The third-order valence-corrected chi connectivity index (χ3v) is 4.60. The Morgan fingerprint density at radius 3 is 2.67 bits per heavy atom. The highest BCUT2D eigenvalue weighted by Gasteiger charge is 2.15. The number of urea groups is 1. The molecule has 8 heteroatoms. The number of hydrogen-bond acceptors (Lipinski definition) is 5. The van der Waals surface area contributed by atoms with Crippen LogP contribution in [0.4, 0.5) is 10.5 Å². The molecule has 1 aliphatic rings. The van der Waals surface area contributed by atoms with E-state index in [1.54, 1.807) is 23.6 Å². The Kier molecular flexibility index (Phi) is 4.57. The minimum atomic E-state index is -0.554. The van der Waals surface area contributed by atoms with Crippen molar-refractivity contribution in [2.24, 2.45) is 0 Å². The molecule has 0 aliphatic carbocycles. The molecule has 1 aromatic heterocycles. The topological polar surface area (TPSA) is 88.7 Å². The standard InChI is InChI=1S/C16H17N3O4S/c1-9(2)14-5-10(7-24-14)15(20)18-19-16(21)17-11-3-4-12-13(6-11)23-8-22-12/h3-7,9H,8H2,1-2H3,(H,18,20)(H2,17,19,21). The van der Waals surface area contributed by atoms with Crippen molar-refractivity contribution in [1.82, 2.24) is 10.9 Å². The molecule has 2 heterocycles. The number of hydrogen-bond donors (Lipinski definition) is 3. The second kappa shape index (κ2) is 6.79. The fraction of sp³-hybridized carbons (Fsp3) is 0.250. The Hall–Kier alpha value is -2.74. The molecule has 24 heavy (non-hydrogen) atoms. The summed E-state index contributed by atoms with van der Waals surface area (Å²) in [5, 5.41) is 4.37. The Balaban J connectivity index is 1.52. The number of benzene rings is 1. The summed E-state index contributed by atoms with van der Waals surface area (Å²) in [6.45, 7) is 4.29. The molecule has 3 N–H and O–H groups in total. The van der Waals surface area contributed by atoms with E-state index in [2.05, 4.69) is 30.0 Å². The number of fused-ring (bicyclic) bond motifs is 1. The molecule has 2 aromatic rings. The summed E-state index contributed by atoms with van der Waals surface area (Å²) in [7, 11) is 0. The number of carbonyl (C=O) groups excluding carboxylic acids is 2. The van der Waals surface area contributed by atoms with Crippen LogP contribution in [0.3, 0.4) is 0 Å². The lowest BCUT2D eigenvalue weighted by Gasteiger charge is -2.09. The number of anilines is 1. The summed E-state index contributed by atoms with van der Waals surface area (Å²) in [5.74, 6) is 1.20. The average Bonchev–Trinajstić information content (AvgIpc) is 3.21. The smallest absolute Gasteiger partial charge is 0.337 e. The first-order valence-electron chi connectivity index (χ1n) is 7.38. The monoisotopic (exact) mass is 347 g/mol. The molecule has 0 bridgehead atoms. The van der Waals surface area contributed by atoms with E-state index in [4.69, 9.17) is 9.47 Å². The van der Waals surface area contributed by atoms with Crippen LogP contribution in [0.2, 0.25) is 0 Å². The van der Waals surface area contributed by atoms with E-state index in [1.165, 1.54) is 11.3 Å². The van der Waals surface area contributed by atoms with E-state index in [0.717, 1.165) is 4.88 Å². The van der Waals surface area contributed by atoms with Crippen LogP contribution in [0.1, 0.15) is 35.0 Å². The van der Waals surface area contributed by atoms with Gasteiger partial charge in [-0.2, -0.15) is 0 Å². The lowest BCUT2D eigenvalue weighted by molar-refractivity contribution is 0.0938. The summed E-state index contributed by atoms with van der Waals surface area (Å²) < 4.78 is 10.4. The van der Waals surface area contributed by atoms with Crippen molar-refractivity contribution in [1.29, 1.82) is 0 Å². The Morgan fingerprint density at radius 1 is 1.12 bits per heavy atom. The van der Waals surface area contributed by atoms with Gasteiger partial charge in [-0.15, -0.1) is 11.3 Å². The second-order valence-corrected chi connectivity index (χ2v) is 6.44. The molecular formula is C16H17N3O4S. The van der Waals surface area contributed by atoms with Crippen molar-refractivity contribution < 1.29 is 19.1 Å². The minimum Gasteiger partial charge on any atom is -0.454 e. The summed E-state index contributed by atoms with van der Waals surface area (Å²) in [5.41, 5.74) is 5.74. The van der Waals surface area contributed by atoms with Gasteiger partial charge in [-0.1, -0.05) is 13.8 Å². The number of amides is 3. The molecule has 3 amide bonds. The van der Waals surface area contributed by atoms with Gasteiger partial charge in [-0.05, 0) is 24.1 Å². The number of ether oxygens (including phenoxy) is 2. The lowest BCUT2D eigenvalue weighted by atomic mass is 10.1. The van der Waals surface area contributed by atoms with E-state index in [-0.39, 0.29) is 12.7 Å². The van der Waals surface area contributed by atoms with Crippen LogP contribution >= 0.6 is 11.3 Å². The fourth-order valence-corrected chi connectivity index (χ4v) is 3.00. The van der Waals surface area contributed by atoms with Gasteiger partial charge >= 0.3 is 6.03 Å². The van der Waals surface area contributed by atoms with E-state index >= 15 is 0 Å². The van der Waals surface area contributed by atoms with E-state index in [0.29, 0.717) is 28.7 Å². The van der Waals surface area contributed by atoms with Gasteiger partial charge in [0.15, 0.2) is 11.5 Å². The maximum atomic E-state index is 12.0. The van der Waals surface area contributed by atoms with Crippen LogP contribution in [0.25, 0.3) is 0 Å². The molecular weight excluding hydrogens is 330 g/mol. The predicted molar refractivity (Wildman–Crippen MR) is 90.6 cm³/mol. The molecule has 126 valence electrons. The Morgan fingerprint density at radius 2 is 1.92 bits per heavy atom. The highest BCUT2D eigenvalue weighted by atomic mass is 32.1. The summed E-state index contributed by atoms with van der Waals surface area (Å²) in [6, 6.07) is 6.30. The number of nitrogens with one attached hydrogen (secondary N) is 3. The van der Waals surface area contributed by atoms with Crippen molar-refractivity contribution in [3.05, 3.63) is 40.1 Å². The quantitative estimate of drug-likeness (QED) is 0.745. The molecule has 3 rings (SSSR count). The van der Waals surface area contributed by atoms with Crippen molar-refractivity contribution in [3.63, 3.8) is 0 Å². The Labute approximate surface area is 142 Å². The molecule has 1 aromatic carbocycles. The first-order valence-corrected chi connectivity index (χ1v) is 8.26. The number of carbonyl (C=O) groups is 2. The predicted octanol–water partition coefficient (Wildman–Crippen LogP) is 3.07. The van der Waals surface area contributed by atoms with Crippen molar-refractivity contribution in [3.8, 4) is 11.5 Å². The molecule has 0 atom stereocenters. The highest BCUT2D eigenvalue weighted by molar-refractivity contribution is 7.10. The van der Waals surface area contributed by atoms with Crippen LogP contribution in [0.15, 0.2) is 29.6 Å². The molecule has 0 spiro atoms. The van der Waals surface area contributed by atoms with Crippen LogP contribution in [0, 0.1) is 0 Å². The maximum Gasteiger partial charge on any atom is 0.337 e. The maximum absolute atomic E-state index is 12.0. The molecule has 0 saturated carbocycles. The SMILES string of the molecule is CC(C)c1cc(C(=O)NNC(=O)Nc2ccc3c(c2)OCO3)cs1. The van der Waals surface area contributed by atoms with E-state index in [9.17, 15) is 9.59 Å². The van der Waals surface area contributed by atoms with Gasteiger partial charge in [0.2, 0.25) is 6.79 Å². The third-order valence-electron chi connectivity index (χ3n) is 3.37. The lowest BCUT2D eigenvalue weighted by Crippen LogP contribution is -2.43. The molecule has 7 nitrogen and oxygen atoms in total. The first kappa shape index (κ1) is 16.1. The van der Waals surface area contributed by atoms with Gasteiger partial charge in [-0.25, -0.2) is 10.2 Å². The molecule has 0 fully saturated rings. The zero-order valence-electron chi connectivity index (χ0n) is 13.2. The number of thiophene rings is 1. The van der Waals surface area contributed by atoms with Crippen LogP contribution in [-0.4, -0.2) is 18.7 Å². The largest absolute Gasteiger partial charge is 0.454 e. The first-order chi connectivity index (χ1) is 11.5. The fourth-order valence-electron chi connectivity index (χ4n) is 2.10. The molecule has 1 aliphatic heterocycles. The van der Waals surface area contributed by atoms with Gasteiger partial charge in [0.05, 0.1) is 5.56 Å². The van der Waals surface area contributed by atoms with Crippen molar-refractivity contribution in [2.75, 3.05) is 12.1 Å². The van der Waals surface area contributed by atoms with Gasteiger partial charge in [0.1, 0.15) is 0 Å². The van der Waals surface area contributed by atoms with Crippen LogP contribution in [-0.2, 0) is 0 Å². The number of hydrazine groups is 1. The van der Waals surface area contributed by atoms with E-state index < -0.39 is 6.03 Å². The molecule has 0 unspecified atom stereocenters. The zero-order chi connectivity index (χ0) is 17.1. The van der Waals surface area contributed by atoms with E-state index in [1.807, 2.05) is 6.07 Å². The van der Waals surface area contributed by atoms with Gasteiger partial charge in [0.25, 0.3) is 5.91 Å². The summed E-state index contributed by atoms with van der Waals surface area (Å²) in [4.78, 5) is 25.0. The number of rotatable bonds is 3. The summed E-state index contributed by atoms with van der Waals surface area (Å²) in [6.07, 6.45) is 0. The van der Waals surface area contributed by atoms with Gasteiger partial charge < -0.3 is 14.8 Å². The average molecular weight is 347 g/mol. The normalized spacial score (nSPS) is 12.1. The van der Waals surface area contributed by atoms with Crippen LogP contribution < -0.4 is 25.6 Å². The second-order valence-electron chi connectivity index (χ2n) is 5.49. The Bertz CT molecular complexity index is 772. The minimum absolute atomic E-state index is 0.167. The van der Waals surface area contributed by atoms with Crippen molar-refractivity contribution in [2.45, 2.75) is 19.8 Å². The molecule has 0 saturated heterocycles. The third kappa shape index (κ3) is 3.60. The van der Waals surface area contributed by atoms with Crippen LogP contribution in [0.5, 0.6) is 11.5 Å². The highest BCUT2D eigenvalue weighted by Crippen LogP contribution is 2.34. The van der Waals surface area contributed by atoms with Gasteiger partial charge in [0, 0.05) is 22.0 Å². The zero-order valence-corrected chi connectivity index (χ0v) is 14.0. The molecule has 0 radical (unpaired) electrons. The van der Waals surface area contributed by atoms with Gasteiger partial charge in [-0.3, -0.25) is 10.2 Å².